The Labute approximate surface area is 165 Å². The minimum absolute atomic E-state index is 0.140. The number of rotatable bonds is 9. The van der Waals surface area contributed by atoms with Crippen LogP contribution in [0, 0.1) is 0 Å². The normalized spacial score (nSPS) is 11.4. The number of benzene rings is 2. The van der Waals surface area contributed by atoms with Crippen molar-refractivity contribution in [3.8, 4) is 0 Å². The molecule has 0 aromatic heterocycles. The second kappa shape index (κ2) is 10.5. The van der Waals surface area contributed by atoms with Gasteiger partial charge in [-0.2, -0.15) is 0 Å². The summed E-state index contributed by atoms with van der Waals surface area (Å²) in [7, 11) is 4.16. The molecule has 0 saturated carbocycles. The van der Waals surface area contributed by atoms with Crippen LogP contribution in [0.3, 0.4) is 0 Å². The molecule has 0 fully saturated rings. The Balaban J connectivity index is 1.92. The molecular formula is C21H24Cl2N2O. The highest BCUT2D eigenvalue weighted by Crippen LogP contribution is 2.22. The predicted molar refractivity (Wildman–Crippen MR) is 111 cm³/mol. The van der Waals surface area contributed by atoms with Gasteiger partial charge in [-0.25, -0.2) is 0 Å². The third-order valence-electron chi connectivity index (χ3n) is 3.86. The van der Waals surface area contributed by atoms with Crippen molar-refractivity contribution in [2.24, 2.45) is 0 Å². The molecule has 2 aromatic rings. The Kier molecular flexibility index (Phi) is 8.33. The zero-order valence-corrected chi connectivity index (χ0v) is 16.6. The van der Waals surface area contributed by atoms with Gasteiger partial charge in [-0.3, -0.25) is 4.79 Å². The molecule has 2 rings (SSSR count). The lowest BCUT2D eigenvalue weighted by Gasteiger charge is -2.10. The molecule has 0 radical (unpaired) electrons. The van der Waals surface area contributed by atoms with Crippen LogP contribution in [-0.4, -0.2) is 37.9 Å². The lowest BCUT2D eigenvalue weighted by molar-refractivity contribution is 0.104. The maximum atomic E-state index is 12.3. The Bertz CT molecular complexity index is 772. The van der Waals surface area contributed by atoms with Crippen molar-refractivity contribution in [3.05, 3.63) is 75.3 Å². The number of carbonyl (C=O) groups excluding carboxylic acids is 1. The van der Waals surface area contributed by atoms with Gasteiger partial charge in [0.1, 0.15) is 0 Å². The SMILES string of the molecule is CN(C)CCCNCc1cccc(C=CC(=O)c2ccc(Cl)cc2Cl)c1. The first-order valence-electron chi connectivity index (χ1n) is 8.57. The quantitative estimate of drug-likeness (QED) is 0.374. The topological polar surface area (TPSA) is 32.3 Å². The third-order valence-corrected chi connectivity index (χ3v) is 4.41. The standard InChI is InChI=1S/C21H24Cl2N2O/c1-25(2)12-4-11-24-15-17-6-3-5-16(13-17)7-10-21(26)19-9-8-18(22)14-20(19)23/h3,5-10,13-14,24H,4,11-12,15H2,1-2H3. The van der Waals surface area contributed by atoms with Crippen molar-refractivity contribution in [1.29, 1.82) is 0 Å². The van der Waals surface area contributed by atoms with Gasteiger partial charge in [0.05, 0.1) is 5.02 Å². The minimum Gasteiger partial charge on any atom is -0.313 e. The third kappa shape index (κ3) is 6.93. The van der Waals surface area contributed by atoms with E-state index in [-0.39, 0.29) is 5.78 Å². The number of ketones is 1. The summed E-state index contributed by atoms with van der Waals surface area (Å²) >= 11 is 12.0. The van der Waals surface area contributed by atoms with Crippen LogP contribution >= 0.6 is 23.2 Å². The first-order chi connectivity index (χ1) is 12.5. The summed E-state index contributed by atoms with van der Waals surface area (Å²) in [5.41, 5.74) is 2.62. The molecule has 2 aromatic carbocycles. The molecule has 0 spiro atoms. The van der Waals surface area contributed by atoms with Crippen LogP contribution in [0.5, 0.6) is 0 Å². The monoisotopic (exact) mass is 390 g/mol. The van der Waals surface area contributed by atoms with Crippen LogP contribution < -0.4 is 5.32 Å². The number of nitrogens with one attached hydrogen (secondary N) is 1. The first-order valence-corrected chi connectivity index (χ1v) is 9.33. The molecule has 0 aliphatic heterocycles. The Morgan fingerprint density at radius 1 is 1.15 bits per heavy atom. The summed E-state index contributed by atoms with van der Waals surface area (Å²) in [6, 6.07) is 13.0. The van der Waals surface area contributed by atoms with Crippen molar-refractivity contribution >= 4 is 35.1 Å². The summed E-state index contributed by atoms with van der Waals surface area (Å²) in [5.74, 6) is -0.140. The summed E-state index contributed by atoms with van der Waals surface area (Å²) in [6.07, 6.45) is 4.46. The average Bonchev–Trinajstić information content (AvgIpc) is 2.59. The van der Waals surface area contributed by atoms with E-state index in [0.717, 1.165) is 31.6 Å². The molecule has 5 heteroatoms. The zero-order valence-electron chi connectivity index (χ0n) is 15.1. The van der Waals surface area contributed by atoms with Crippen molar-refractivity contribution in [3.63, 3.8) is 0 Å². The Morgan fingerprint density at radius 2 is 1.96 bits per heavy atom. The number of hydrogen-bond donors (Lipinski definition) is 1. The van der Waals surface area contributed by atoms with Gasteiger partial charge in [-0.05, 0) is 69.0 Å². The second-order valence-electron chi connectivity index (χ2n) is 6.40. The van der Waals surface area contributed by atoms with E-state index in [4.69, 9.17) is 23.2 Å². The fourth-order valence-electron chi connectivity index (χ4n) is 2.51. The Hall–Kier alpha value is -1.65. The average molecular weight is 391 g/mol. The summed E-state index contributed by atoms with van der Waals surface area (Å²) < 4.78 is 0. The van der Waals surface area contributed by atoms with E-state index in [1.165, 1.54) is 5.56 Å². The lowest BCUT2D eigenvalue weighted by Crippen LogP contribution is -2.20. The fourth-order valence-corrected chi connectivity index (χ4v) is 3.01. The van der Waals surface area contributed by atoms with Gasteiger partial charge in [0.2, 0.25) is 0 Å². The Morgan fingerprint density at radius 3 is 2.69 bits per heavy atom. The maximum absolute atomic E-state index is 12.3. The molecule has 0 heterocycles. The molecule has 1 N–H and O–H groups in total. The van der Waals surface area contributed by atoms with Crippen LogP contribution in [-0.2, 0) is 6.54 Å². The molecule has 138 valence electrons. The smallest absolute Gasteiger partial charge is 0.187 e. The zero-order chi connectivity index (χ0) is 18.9. The molecule has 0 aliphatic rings. The second-order valence-corrected chi connectivity index (χ2v) is 7.24. The molecular weight excluding hydrogens is 367 g/mol. The van der Waals surface area contributed by atoms with Crippen LogP contribution in [0.25, 0.3) is 6.08 Å². The van der Waals surface area contributed by atoms with Crippen LogP contribution in [0.1, 0.15) is 27.9 Å². The van der Waals surface area contributed by atoms with E-state index >= 15 is 0 Å². The van der Waals surface area contributed by atoms with Gasteiger partial charge >= 0.3 is 0 Å². The number of nitrogens with zero attached hydrogens (tertiary/aromatic N) is 1. The van der Waals surface area contributed by atoms with E-state index in [9.17, 15) is 4.79 Å². The highest BCUT2D eigenvalue weighted by atomic mass is 35.5. The van der Waals surface area contributed by atoms with Gasteiger partial charge in [-0.15, -0.1) is 0 Å². The van der Waals surface area contributed by atoms with E-state index in [1.807, 2.05) is 18.2 Å². The lowest BCUT2D eigenvalue weighted by atomic mass is 10.1. The predicted octanol–water partition coefficient (Wildman–Crippen LogP) is 4.93. The van der Waals surface area contributed by atoms with Crippen molar-refractivity contribution in [1.82, 2.24) is 10.2 Å². The fraction of sp³-hybridized carbons (Fsp3) is 0.286. The van der Waals surface area contributed by atoms with Crippen molar-refractivity contribution in [2.45, 2.75) is 13.0 Å². The van der Waals surface area contributed by atoms with Crippen molar-refractivity contribution in [2.75, 3.05) is 27.2 Å². The van der Waals surface area contributed by atoms with Crippen LogP contribution in [0.15, 0.2) is 48.5 Å². The molecule has 0 amide bonds. The minimum atomic E-state index is -0.140. The molecule has 26 heavy (non-hydrogen) atoms. The van der Waals surface area contributed by atoms with Gasteiger partial charge in [0.25, 0.3) is 0 Å². The van der Waals surface area contributed by atoms with E-state index in [1.54, 1.807) is 24.3 Å². The molecule has 0 aliphatic carbocycles. The highest BCUT2D eigenvalue weighted by Gasteiger charge is 2.07. The molecule has 0 bridgehead atoms. The maximum Gasteiger partial charge on any atom is 0.187 e. The van der Waals surface area contributed by atoms with Gasteiger partial charge in [0.15, 0.2) is 5.78 Å². The number of hydrogen-bond acceptors (Lipinski definition) is 3. The highest BCUT2D eigenvalue weighted by molar-refractivity contribution is 6.37. The van der Waals surface area contributed by atoms with E-state index in [0.29, 0.717) is 15.6 Å². The first kappa shape index (κ1) is 20.7. The summed E-state index contributed by atoms with van der Waals surface area (Å²) in [4.78, 5) is 14.5. The van der Waals surface area contributed by atoms with Gasteiger partial charge in [-0.1, -0.05) is 53.5 Å². The number of allylic oxidation sites excluding steroid dienone is 1. The van der Waals surface area contributed by atoms with E-state index in [2.05, 4.69) is 36.4 Å². The molecule has 0 atom stereocenters. The summed E-state index contributed by atoms with van der Waals surface area (Å²) in [6.45, 7) is 2.86. The largest absolute Gasteiger partial charge is 0.313 e. The molecule has 0 saturated heterocycles. The summed E-state index contributed by atoms with van der Waals surface area (Å²) in [5, 5.41) is 4.32. The van der Waals surface area contributed by atoms with E-state index < -0.39 is 0 Å². The van der Waals surface area contributed by atoms with Gasteiger partial charge in [0, 0.05) is 17.1 Å². The van der Waals surface area contributed by atoms with Crippen molar-refractivity contribution < 1.29 is 4.79 Å². The molecule has 3 nitrogen and oxygen atoms in total. The molecule has 0 unspecified atom stereocenters. The van der Waals surface area contributed by atoms with Crippen LogP contribution in [0.2, 0.25) is 10.0 Å². The van der Waals surface area contributed by atoms with Gasteiger partial charge < -0.3 is 10.2 Å². The number of halogens is 2. The number of carbonyl (C=O) groups is 1. The van der Waals surface area contributed by atoms with Crippen LogP contribution in [0.4, 0.5) is 0 Å².